The van der Waals surface area contributed by atoms with Gasteiger partial charge in [-0.15, -0.1) is 0 Å². The van der Waals surface area contributed by atoms with Crippen molar-refractivity contribution in [3.05, 3.63) is 42.6 Å². The number of para-hydroxylation sites is 1. The molecule has 0 radical (unpaired) electrons. The van der Waals surface area contributed by atoms with Gasteiger partial charge in [-0.2, -0.15) is 0 Å². The van der Waals surface area contributed by atoms with Crippen LogP contribution in [0, 0.1) is 0 Å². The molecule has 0 aliphatic carbocycles. The molecule has 0 N–H and O–H groups in total. The van der Waals surface area contributed by atoms with Gasteiger partial charge in [0.1, 0.15) is 0 Å². The van der Waals surface area contributed by atoms with Gasteiger partial charge < -0.3 is 0 Å². The number of rotatable bonds is 0. The van der Waals surface area contributed by atoms with Gasteiger partial charge in [-0.1, -0.05) is 0 Å². The third-order valence-electron chi connectivity index (χ3n) is 2.49. The molecule has 1 aromatic carbocycles. The van der Waals surface area contributed by atoms with Crippen LogP contribution in [0.25, 0.3) is 21.8 Å². The van der Waals surface area contributed by atoms with E-state index in [0.717, 1.165) is 15.5 Å². The van der Waals surface area contributed by atoms with E-state index in [0.29, 0.717) is 0 Å². The second kappa shape index (κ2) is 3.32. The predicted molar refractivity (Wildman–Crippen MR) is 65.2 cm³/mol. The Morgan fingerprint density at radius 2 is 1.73 bits per heavy atom. The molecule has 2 aromatic heterocycles. The number of pyridine rings is 2. The number of hydrogen-bond acceptors (Lipinski definition) is 2. The molecule has 3 aromatic rings. The van der Waals surface area contributed by atoms with Gasteiger partial charge in [0.2, 0.25) is 0 Å². The van der Waals surface area contributed by atoms with Crippen molar-refractivity contribution in [2.75, 3.05) is 0 Å². The van der Waals surface area contributed by atoms with Crippen molar-refractivity contribution in [2.45, 2.75) is 0 Å². The summed E-state index contributed by atoms with van der Waals surface area (Å²) in [5, 5.41) is 2.38. The molecule has 0 aliphatic rings. The fourth-order valence-electron chi connectivity index (χ4n) is 1.81. The minimum absolute atomic E-state index is 1.02. The molecule has 0 spiro atoms. The minimum atomic E-state index is 1.02. The number of hydrogen-bond donors (Lipinski definition) is 0. The average Bonchev–Trinajstić information content (AvgIpc) is 2.30. The molecule has 0 saturated heterocycles. The maximum absolute atomic E-state index is 4.57. The molecule has 1 unspecified atom stereocenters. The first kappa shape index (κ1) is 8.87. The molecule has 0 aliphatic heterocycles. The molecule has 1 atom stereocenters. The molecule has 3 heteroatoms. The number of aromatic nitrogens is 2. The van der Waals surface area contributed by atoms with Gasteiger partial charge >= 0.3 is 95.7 Å². The van der Waals surface area contributed by atoms with Gasteiger partial charge in [0.15, 0.2) is 0 Å². The van der Waals surface area contributed by atoms with Crippen molar-refractivity contribution in [3.8, 4) is 0 Å². The summed E-state index contributed by atoms with van der Waals surface area (Å²) >= 11 is 1.52. The first-order valence-corrected chi connectivity index (χ1v) is 5.96. The van der Waals surface area contributed by atoms with Gasteiger partial charge in [-0.3, -0.25) is 0 Å². The summed E-state index contributed by atoms with van der Waals surface area (Å²) in [4.78, 5) is 8.95. The normalized spacial score (nSPS) is 11.0. The van der Waals surface area contributed by atoms with Gasteiger partial charge in [0.25, 0.3) is 0 Å². The predicted octanol–water partition coefficient (Wildman–Crippen LogP) is 1.04. The fraction of sp³-hybridized carbons (Fsp3) is 0. The van der Waals surface area contributed by atoms with E-state index in [9.17, 15) is 0 Å². The van der Waals surface area contributed by atoms with Gasteiger partial charge in [-0.05, 0) is 0 Å². The van der Waals surface area contributed by atoms with E-state index in [1.54, 1.807) is 0 Å². The first-order chi connectivity index (χ1) is 7.36. The Morgan fingerprint density at radius 1 is 0.933 bits per heavy atom. The van der Waals surface area contributed by atoms with E-state index in [1.807, 2.05) is 30.5 Å². The Bertz CT molecular complexity index is 649. The monoisotopic (exact) mass is 256 g/mol. The van der Waals surface area contributed by atoms with Gasteiger partial charge in [0, 0.05) is 0 Å². The standard InChI is InChI=1S/C12H9AsN2/c13-12-11-9(5-3-7-14-11)8-4-1-2-6-10(8)15-12/h1-7H,13H2. The Hall–Kier alpha value is -1.40. The van der Waals surface area contributed by atoms with Crippen molar-refractivity contribution in [3.63, 3.8) is 0 Å². The van der Waals surface area contributed by atoms with Crippen molar-refractivity contribution in [1.82, 2.24) is 9.97 Å². The summed E-state index contributed by atoms with van der Waals surface area (Å²) < 4.78 is 1.05. The van der Waals surface area contributed by atoms with Crippen molar-refractivity contribution in [1.29, 1.82) is 0 Å². The van der Waals surface area contributed by atoms with Crippen molar-refractivity contribution < 1.29 is 0 Å². The topological polar surface area (TPSA) is 25.8 Å². The van der Waals surface area contributed by atoms with E-state index >= 15 is 0 Å². The molecule has 0 fully saturated rings. The van der Waals surface area contributed by atoms with Crippen LogP contribution < -0.4 is 4.48 Å². The van der Waals surface area contributed by atoms with Crippen LogP contribution in [-0.4, -0.2) is 26.8 Å². The maximum atomic E-state index is 4.57. The molecule has 2 heterocycles. The summed E-state index contributed by atoms with van der Waals surface area (Å²) in [6.07, 6.45) is 1.82. The van der Waals surface area contributed by atoms with Crippen LogP contribution in [0.15, 0.2) is 42.6 Å². The zero-order valence-electron chi connectivity index (χ0n) is 8.01. The third kappa shape index (κ3) is 1.33. The second-order valence-corrected chi connectivity index (χ2v) is 4.56. The second-order valence-electron chi connectivity index (χ2n) is 3.41. The first-order valence-electron chi connectivity index (χ1n) is 4.75. The molecule has 72 valence electrons. The van der Waals surface area contributed by atoms with Crippen molar-refractivity contribution in [2.24, 2.45) is 0 Å². The molecule has 0 amide bonds. The van der Waals surface area contributed by atoms with Crippen molar-refractivity contribution >= 4 is 43.1 Å². The molecule has 3 rings (SSSR count). The molecule has 0 bridgehead atoms. The summed E-state index contributed by atoms with van der Waals surface area (Å²) in [6, 6.07) is 12.3. The third-order valence-corrected chi connectivity index (χ3v) is 3.33. The molecule has 2 nitrogen and oxygen atoms in total. The zero-order valence-corrected chi connectivity index (χ0v) is 10.4. The Morgan fingerprint density at radius 3 is 2.67 bits per heavy atom. The van der Waals surface area contributed by atoms with Crippen LogP contribution in [0.1, 0.15) is 0 Å². The van der Waals surface area contributed by atoms with Gasteiger partial charge in [0.05, 0.1) is 0 Å². The summed E-state index contributed by atoms with van der Waals surface area (Å²) in [6.45, 7) is 0. The Labute approximate surface area is 95.9 Å². The van der Waals surface area contributed by atoms with Gasteiger partial charge in [-0.25, -0.2) is 0 Å². The van der Waals surface area contributed by atoms with Crippen LogP contribution in [-0.2, 0) is 0 Å². The number of fused-ring (bicyclic) bond motifs is 3. The summed E-state index contributed by atoms with van der Waals surface area (Å²) in [5.74, 6) is 0. The zero-order chi connectivity index (χ0) is 10.3. The van der Waals surface area contributed by atoms with E-state index in [-0.39, 0.29) is 0 Å². The van der Waals surface area contributed by atoms with Crippen LogP contribution in [0.2, 0.25) is 0 Å². The van der Waals surface area contributed by atoms with Crippen LogP contribution in [0.5, 0.6) is 0 Å². The Balaban J connectivity index is 2.64. The molecule has 15 heavy (non-hydrogen) atoms. The molecule has 0 saturated carbocycles. The number of benzene rings is 1. The fourth-order valence-corrected chi connectivity index (χ4v) is 2.58. The van der Waals surface area contributed by atoms with Crippen LogP contribution in [0.4, 0.5) is 0 Å². The SMILES string of the molecule is [AsH2]c1nc2ccccc2c2cccnc12. The summed E-state index contributed by atoms with van der Waals surface area (Å²) in [5.41, 5.74) is 2.08. The average molecular weight is 256 g/mol. The Kier molecular flexibility index (Phi) is 1.96. The van der Waals surface area contributed by atoms with E-state index in [4.69, 9.17) is 0 Å². The quantitative estimate of drug-likeness (QED) is 0.443. The van der Waals surface area contributed by atoms with E-state index in [2.05, 4.69) is 22.1 Å². The number of nitrogens with zero attached hydrogens (tertiary/aromatic N) is 2. The molecular weight excluding hydrogens is 247 g/mol. The van der Waals surface area contributed by atoms with E-state index in [1.165, 1.54) is 27.6 Å². The molecular formula is C12H9AsN2. The van der Waals surface area contributed by atoms with Crippen LogP contribution >= 0.6 is 0 Å². The van der Waals surface area contributed by atoms with Crippen LogP contribution in [0.3, 0.4) is 0 Å². The summed E-state index contributed by atoms with van der Waals surface area (Å²) in [7, 11) is 0. The van der Waals surface area contributed by atoms with E-state index < -0.39 is 0 Å².